The molecule has 3 rings (SSSR count). The fourth-order valence-electron chi connectivity index (χ4n) is 3.90. The van der Waals surface area contributed by atoms with Crippen LogP contribution in [0.1, 0.15) is 56.3 Å². The summed E-state index contributed by atoms with van der Waals surface area (Å²) in [5.74, 6) is 1.79. The summed E-state index contributed by atoms with van der Waals surface area (Å²) in [6, 6.07) is 14.9. The molecule has 0 fully saturated rings. The SMILES string of the molecule is COc1ccc(CN(Cc2ccc(OC)cc2)S(=O)(=O)C(C)C(O[Si](C)(C)C(C)(C)C)c2ncc(C)cn2)cc1. The van der Waals surface area contributed by atoms with Crippen LogP contribution in [0, 0.1) is 6.92 Å². The molecule has 0 N–H and O–H groups in total. The van der Waals surface area contributed by atoms with Crippen molar-refractivity contribution < 1.29 is 22.3 Å². The van der Waals surface area contributed by atoms with Gasteiger partial charge in [0.15, 0.2) is 14.1 Å². The molecule has 8 nitrogen and oxygen atoms in total. The first kappa shape index (κ1) is 31.7. The molecular formula is C30H43N3O5SSi. The molecule has 0 saturated heterocycles. The Kier molecular flexibility index (Phi) is 10.2. The molecule has 2 aromatic carbocycles. The van der Waals surface area contributed by atoms with Gasteiger partial charge in [0, 0.05) is 25.5 Å². The zero-order valence-corrected chi connectivity index (χ0v) is 27.0. The molecule has 0 aliphatic rings. The number of rotatable bonds is 12. The molecule has 0 radical (unpaired) electrons. The summed E-state index contributed by atoms with van der Waals surface area (Å²) >= 11 is 0. The number of hydrogen-bond acceptors (Lipinski definition) is 7. The van der Waals surface area contributed by atoms with Gasteiger partial charge in [-0.15, -0.1) is 0 Å². The Bertz CT molecular complexity index is 1290. The van der Waals surface area contributed by atoms with E-state index in [9.17, 15) is 8.42 Å². The van der Waals surface area contributed by atoms with Gasteiger partial charge in [-0.1, -0.05) is 45.0 Å². The van der Waals surface area contributed by atoms with Crippen molar-refractivity contribution in [2.75, 3.05) is 14.2 Å². The summed E-state index contributed by atoms with van der Waals surface area (Å²) < 4.78 is 47.8. The maximum atomic E-state index is 14.5. The van der Waals surface area contributed by atoms with Gasteiger partial charge in [-0.25, -0.2) is 18.4 Å². The van der Waals surface area contributed by atoms with Crippen molar-refractivity contribution in [3.8, 4) is 11.5 Å². The number of hydrogen-bond donors (Lipinski definition) is 0. The second-order valence-corrected chi connectivity index (χ2v) is 18.7. The molecule has 0 saturated carbocycles. The van der Waals surface area contributed by atoms with Crippen LogP contribution in [0.2, 0.25) is 18.1 Å². The molecular weight excluding hydrogens is 542 g/mol. The topological polar surface area (TPSA) is 90.9 Å². The van der Waals surface area contributed by atoms with Gasteiger partial charge in [0.2, 0.25) is 10.0 Å². The van der Waals surface area contributed by atoms with Gasteiger partial charge < -0.3 is 13.9 Å². The van der Waals surface area contributed by atoms with Crippen molar-refractivity contribution in [3.05, 3.63) is 83.4 Å². The standard InChI is InChI=1S/C30H43N3O5SSi/c1-22-18-31-29(32-19-22)28(38-40(8,9)30(3,4)5)23(2)39(34,35)33(20-24-10-14-26(36-6)15-11-24)21-25-12-16-27(37-7)17-13-25/h10-19,23,28H,20-21H2,1-9H3. The number of benzene rings is 2. The minimum Gasteiger partial charge on any atom is -0.497 e. The lowest BCUT2D eigenvalue weighted by Crippen LogP contribution is -2.47. The molecule has 1 aromatic heterocycles. The third kappa shape index (κ3) is 7.69. The number of ether oxygens (including phenoxy) is 2. The van der Waals surface area contributed by atoms with E-state index in [0.717, 1.165) is 16.7 Å². The van der Waals surface area contributed by atoms with Crippen LogP contribution in [0.25, 0.3) is 0 Å². The predicted octanol–water partition coefficient (Wildman–Crippen LogP) is 6.29. The highest BCUT2D eigenvalue weighted by Crippen LogP contribution is 2.41. The Morgan fingerprint density at radius 2 is 1.27 bits per heavy atom. The van der Waals surface area contributed by atoms with Crippen LogP contribution in [0.5, 0.6) is 11.5 Å². The van der Waals surface area contributed by atoms with Crippen molar-refractivity contribution in [2.45, 2.75) is 77.2 Å². The summed E-state index contributed by atoms with van der Waals surface area (Å²) in [7, 11) is -3.11. The molecule has 218 valence electrons. The van der Waals surface area contributed by atoms with Crippen molar-refractivity contribution in [1.29, 1.82) is 0 Å². The van der Waals surface area contributed by atoms with Gasteiger partial charge in [0.25, 0.3) is 0 Å². The van der Waals surface area contributed by atoms with E-state index in [1.54, 1.807) is 33.5 Å². The number of nitrogens with zero attached hydrogens (tertiary/aromatic N) is 3. The molecule has 3 aromatic rings. The summed E-state index contributed by atoms with van der Waals surface area (Å²) in [5.41, 5.74) is 2.59. The fraction of sp³-hybridized carbons (Fsp3) is 0.467. The van der Waals surface area contributed by atoms with Gasteiger partial charge >= 0.3 is 0 Å². The lowest BCUT2D eigenvalue weighted by molar-refractivity contribution is 0.168. The van der Waals surface area contributed by atoms with Crippen LogP contribution >= 0.6 is 0 Å². The zero-order valence-electron chi connectivity index (χ0n) is 25.1. The maximum Gasteiger partial charge on any atom is 0.220 e. The van der Waals surface area contributed by atoms with Crippen LogP contribution in [0.4, 0.5) is 0 Å². The maximum absolute atomic E-state index is 14.5. The van der Waals surface area contributed by atoms with Crippen LogP contribution in [-0.4, -0.2) is 50.5 Å². The highest BCUT2D eigenvalue weighted by Gasteiger charge is 2.45. The van der Waals surface area contributed by atoms with Gasteiger partial charge in [0.1, 0.15) is 22.9 Å². The second-order valence-electron chi connectivity index (χ2n) is 11.6. The first-order chi connectivity index (χ1) is 18.7. The van der Waals surface area contributed by atoms with E-state index < -0.39 is 29.7 Å². The molecule has 0 aliphatic carbocycles. The van der Waals surface area contributed by atoms with Crippen LogP contribution < -0.4 is 9.47 Å². The van der Waals surface area contributed by atoms with Crippen molar-refractivity contribution in [1.82, 2.24) is 14.3 Å². The van der Waals surface area contributed by atoms with E-state index in [4.69, 9.17) is 13.9 Å². The normalized spacial score (nSPS) is 14.2. The minimum atomic E-state index is -3.92. The van der Waals surface area contributed by atoms with Gasteiger partial charge in [-0.3, -0.25) is 0 Å². The average Bonchev–Trinajstić information content (AvgIpc) is 2.91. The Hall–Kier alpha value is -2.79. The molecule has 10 heteroatoms. The molecule has 2 atom stereocenters. The van der Waals surface area contributed by atoms with Crippen molar-refractivity contribution in [3.63, 3.8) is 0 Å². The lowest BCUT2D eigenvalue weighted by atomic mass is 10.2. The molecule has 2 unspecified atom stereocenters. The first-order valence-corrected chi connectivity index (χ1v) is 17.8. The summed E-state index contributed by atoms with van der Waals surface area (Å²) in [6.45, 7) is 14.6. The van der Waals surface area contributed by atoms with Gasteiger partial charge in [-0.2, -0.15) is 4.31 Å². The van der Waals surface area contributed by atoms with E-state index in [0.29, 0.717) is 17.3 Å². The first-order valence-electron chi connectivity index (χ1n) is 13.4. The molecule has 0 amide bonds. The summed E-state index contributed by atoms with van der Waals surface area (Å²) in [6.07, 6.45) is 2.58. The zero-order chi connectivity index (χ0) is 29.7. The van der Waals surface area contributed by atoms with Crippen LogP contribution in [0.15, 0.2) is 60.9 Å². The molecule has 40 heavy (non-hydrogen) atoms. The lowest BCUT2D eigenvalue weighted by Gasteiger charge is -2.40. The monoisotopic (exact) mass is 585 g/mol. The quantitative estimate of drug-likeness (QED) is 0.231. The van der Waals surface area contributed by atoms with E-state index in [1.807, 2.05) is 55.5 Å². The number of aryl methyl sites for hydroxylation is 1. The smallest absolute Gasteiger partial charge is 0.220 e. The molecule has 0 aliphatic heterocycles. The predicted molar refractivity (Wildman–Crippen MR) is 161 cm³/mol. The van der Waals surface area contributed by atoms with E-state index >= 15 is 0 Å². The molecule has 0 spiro atoms. The largest absolute Gasteiger partial charge is 0.497 e. The number of methoxy groups -OCH3 is 2. The Morgan fingerprint density at radius 1 is 0.850 bits per heavy atom. The molecule has 0 bridgehead atoms. The highest BCUT2D eigenvalue weighted by atomic mass is 32.2. The van der Waals surface area contributed by atoms with Gasteiger partial charge in [-0.05, 0) is 72.9 Å². The van der Waals surface area contributed by atoms with E-state index in [-0.39, 0.29) is 18.1 Å². The summed E-state index contributed by atoms with van der Waals surface area (Å²) in [4.78, 5) is 9.04. The fourth-order valence-corrected chi connectivity index (χ4v) is 6.91. The Labute approximate surface area is 240 Å². The molecule has 1 heterocycles. The average molecular weight is 586 g/mol. The third-order valence-corrected chi connectivity index (χ3v) is 14.2. The highest BCUT2D eigenvalue weighted by molar-refractivity contribution is 7.89. The minimum absolute atomic E-state index is 0.134. The summed E-state index contributed by atoms with van der Waals surface area (Å²) in [5, 5.41) is -1.08. The third-order valence-electron chi connectivity index (χ3n) is 7.58. The number of sulfonamides is 1. The van der Waals surface area contributed by atoms with Crippen LogP contribution in [-0.2, 0) is 27.5 Å². The Balaban J connectivity index is 2.05. The number of aromatic nitrogens is 2. The van der Waals surface area contributed by atoms with E-state index in [2.05, 4.69) is 43.8 Å². The van der Waals surface area contributed by atoms with Crippen molar-refractivity contribution in [2.24, 2.45) is 0 Å². The van der Waals surface area contributed by atoms with E-state index in [1.165, 1.54) is 4.31 Å². The van der Waals surface area contributed by atoms with Crippen LogP contribution in [0.3, 0.4) is 0 Å². The Morgan fingerprint density at radius 3 is 1.65 bits per heavy atom. The second kappa shape index (κ2) is 12.8. The van der Waals surface area contributed by atoms with Gasteiger partial charge in [0.05, 0.1) is 14.2 Å². The van der Waals surface area contributed by atoms with Crippen molar-refractivity contribution >= 4 is 18.3 Å².